The average Bonchev–Trinajstić information content (AvgIpc) is 2.90. The molecule has 2 heteroatoms. The molecular formula is C19H23NO. The molecule has 0 saturated carbocycles. The van der Waals surface area contributed by atoms with Gasteiger partial charge in [0.15, 0.2) is 0 Å². The first-order valence-electron chi connectivity index (χ1n) is 7.69. The number of aliphatic hydroxyl groups excluding tert-OH is 1. The third-order valence-corrected chi connectivity index (χ3v) is 4.50. The molecule has 0 saturated heterocycles. The first-order valence-corrected chi connectivity index (χ1v) is 7.69. The van der Waals surface area contributed by atoms with Crippen LogP contribution in [0.1, 0.15) is 61.6 Å². The van der Waals surface area contributed by atoms with Crippen molar-refractivity contribution in [3.63, 3.8) is 0 Å². The van der Waals surface area contributed by atoms with Gasteiger partial charge in [-0.25, -0.2) is 0 Å². The Kier molecular flexibility index (Phi) is 3.58. The standard InChI is InChI=1S/C19H23NO/c1-19(2,3)15-9-6-14(7-10-15)18(21)16-11-8-13-5-4-12-20-17(13)16/h4-7,9-10,12,16,18,21H,8,11H2,1-3H3. The van der Waals surface area contributed by atoms with Crippen molar-refractivity contribution in [3.05, 3.63) is 65.0 Å². The van der Waals surface area contributed by atoms with Gasteiger partial charge in [-0.3, -0.25) is 4.98 Å². The number of pyridine rings is 1. The minimum Gasteiger partial charge on any atom is -0.388 e. The normalized spacial score (nSPS) is 19.3. The summed E-state index contributed by atoms with van der Waals surface area (Å²) in [5.74, 6) is 0.127. The molecule has 21 heavy (non-hydrogen) atoms. The largest absolute Gasteiger partial charge is 0.388 e. The maximum atomic E-state index is 10.7. The van der Waals surface area contributed by atoms with E-state index in [0.717, 1.165) is 24.1 Å². The van der Waals surface area contributed by atoms with E-state index in [0.29, 0.717) is 0 Å². The van der Waals surface area contributed by atoms with Gasteiger partial charge < -0.3 is 5.11 Å². The predicted molar refractivity (Wildman–Crippen MR) is 85.4 cm³/mol. The van der Waals surface area contributed by atoms with Crippen LogP contribution in [0.4, 0.5) is 0 Å². The number of aliphatic hydroxyl groups is 1. The molecule has 1 N–H and O–H groups in total. The minimum atomic E-state index is -0.463. The van der Waals surface area contributed by atoms with E-state index in [4.69, 9.17) is 0 Å². The Hall–Kier alpha value is -1.67. The summed E-state index contributed by atoms with van der Waals surface area (Å²) in [7, 11) is 0. The molecule has 2 unspecified atom stereocenters. The highest BCUT2D eigenvalue weighted by molar-refractivity contribution is 5.34. The summed E-state index contributed by atoms with van der Waals surface area (Å²) in [6.07, 6.45) is 3.36. The molecule has 110 valence electrons. The molecule has 0 spiro atoms. The monoisotopic (exact) mass is 281 g/mol. The molecule has 2 nitrogen and oxygen atoms in total. The van der Waals surface area contributed by atoms with Crippen molar-refractivity contribution >= 4 is 0 Å². The van der Waals surface area contributed by atoms with Gasteiger partial charge in [0, 0.05) is 17.8 Å². The molecule has 0 bridgehead atoms. The van der Waals surface area contributed by atoms with Crippen molar-refractivity contribution in [1.82, 2.24) is 4.98 Å². The van der Waals surface area contributed by atoms with E-state index in [1.807, 2.05) is 12.3 Å². The van der Waals surface area contributed by atoms with Crippen LogP contribution >= 0.6 is 0 Å². The van der Waals surface area contributed by atoms with Crippen molar-refractivity contribution in [2.24, 2.45) is 0 Å². The van der Waals surface area contributed by atoms with E-state index < -0.39 is 6.10 Å². The summed E-state index contributed by atoms with van der Waals surface area (Å²) in [5.41, 5.74) is 4.79. The third kappa shape index (κ3) is 2.73. The van der Waals surface area contributed by atoms with Gasteiger partial charge in [-0.1, -0.05) is 51.1 Å². The van der Waals surface area contributed by atoms with Crippen molar-refractivity contribution in [1.29, 1.82) is 0 Å². The minimum absolute atomic E-state index is 0.127. The van der Waals surface area contributed by atoms with Gasteiger partial charge in [0.1, 0.15) is 0 Å². The lowest BCUT2D eigenvalue weighted by Crippen LogP contribution is -2.12. The highest BCUT2D eigenvalue weighted by atomic mass is 16.3. The van der Waals surface area contributed by atoms with Crippen molar-refractivity contribution < 1.29 is 5.11 Å². The van der Waals surface area contributed by atoms with Crippen molar-refractivity contribution in [3.8, 4) is 0 Å². The van der Waals surface area contributed by atoms with Gasteiger partial charge in [-0.15, -0.1) is 0 Å². The van der Waals surface area contributed by atoms with E-state index in [2.05, 4.69) is 56.1 Å². The third-order valence-electron chi connectivity index (χ3n) is 4.50. The van der Waals surface area contributed by atoms with Crippen molar-refractivity contribution in [2.45, 2.75) is 51.0 Å². The van der Waals surface area contributed by atoms with E-state index in [1.54, 1.807) is 0 Å². The Balaban J connectivity index is 1.85. The fraction of sp³-hybridized carbons (Fsp3) is 0.421. The number of hydrogen-bond acceptors (Lipinski definition) is 2. The fourth-order valence-electron chi connectivity index (χ4n) is 3.16. The average molecular weight is 281 g/mol. The molecule has 0 aliphatic heterocycles. The quantitative estimate of drug-likeness (QED) is 0.897. The Morgan fingerprint density at radius 3 is 2.52 bits per heavy atom. The lowest BCUT2D eigenvalue weighted by atomic mass is 9.85. The molecule has 1 aromatic heterocycles. The molecule has 2 atom stereocenters. The molecule has 0 amide bonds. The molecule has 0 radical (unpaired) electrons. The molecule has 1 heterocycles. The van der Waals surface area contributed by atoms with Crippen LogP contribution in [0, 0.1) is 0 Å². The second kappa shape index (κ2) is 5.27. The Labute approximate surface area is 126 Å². The zero-order valence-corrected chi connectivity index (χ0v) is 13.0. The van der Waals surface area contributed by atoms with Gasteiger partial charge in [0.2, 0.25) is 0 Å². The van der Waals surface area contributed by atoms with Crippen LogP contribution in [0.5, 0.6) is 0 Å². The second-order valence-electron chi connectivity index (χ2n) is 7.01. The number of aromatic nitrogens is 1. The molecule has 2 aromatic rings. The summed E-state index contributed by atoms with van der Waals surface area (Å²) in [4.78, 5) is 4.48. The van der Waals surface area contributed by atoms with Gasteiger partial charge in [0.25, 0.3) is 0 Å². The number of hydrogen-bond donors (Lipinski definition) is 1. The van der Waals surface area contributed by atoms with Crippen LogP contribution in [-0.2, 0) is 11.8 Å². The predicted octanol–water partition coefficient (Wildman–Crippen LogP) is 4.14. The number of fused-ring (bicyclic) bond motifs is 1. The number of benzene rings is 1. The van der Waals surface area contributed by atoms with Crippen LogP contribution in [-0.4, -0.2) is 10.1 Å². The number of nitrogens with zero attached hydrogens (tertiary/aromatic N) is 1. The van der Waals surface area contributed by atoms with Crippen LogP contribution < -0.4 is 0 Å². The van der Waals surface area contributed by atoms with Crippen molar-refractivity contribution in [2.75, 3.05) is 0 Å². The summed E-state index contributed by atoms with van der Waals surface area (Å²) >= 11 is 0. The SMILES string of the molecule is CC(C)(C)c1ccc(C(O)C2CCc3cccnc32)cc1. The second-order valence-corrected chi connectivity index (χ2v) is 7.01. The first-order chi connectivity index (χ1) is 9.97. The number of rotatable bonds is 2. The molecule has 0 fully saturated rings. The molecule has 1 aliphatic carbocycles. The fourth-order valence-corrected chi connectivity index (χ4v) is 3.16. The van der Waals surface area contributed by atoms with Gasteiger partial charge in [0.05, 0.1) is 6.10 Å². The highest BCUT2D eigenvalue weighted by Crippen LogP contribution is 2.40. The zero-order chi connectivity index (χ0) is 15.0. The number of aryl methyl sites for hydroxylation is 1. The molecular weight excluding hydrogens is 258 g/mol. The summed E-state index contributed by atoms with van der Waals surface area (Å²) in [5, 5.41) is 10.7. The lowest BCUT2D eigenvalue weighted by molar-refractivity contribution is 0.143. The zero-order valence-electron chi connectivity index (χ0n) is 13.0. The van der Waals surface area contributed by atoms with E-state index in [9.17, 15) is 5.11 Å². The van der Waals surface area contributed by atoms with Gasteiger partial charge in [-0.2, -0.15) is 0 Å². The highest BCUT2D eigenvalue weighted by Gasteiger charge is 2.30. The van der Waals surface area contributed by atoms with Crippen LogP contribution in [0.25, 0.3) is 0 Å². The van der Waals surface area contributed by atoms with E-state index >= 15 is 0 Å². The Morgan fingerprint density at radius 1 is 1.14 bits per heavy atom. The van der Waals surface area contributed by atoms with Crippen LogP contribution in [0.2, 0.25) is 0 Å². The lowest BCUT2D eigenvalue weighted by Gasteiger charge is -2.22. The van der Waals surface area contributed by atoms with Crippen LogP contribution in [0.3, 0.4) is 0 Å². The Morgan fingerprint density at radius 2 is 1.86 bits per heavy atom. The molecule has 1 aromatic carbocycles. The van der Waals surface area contributed by atoms with E-state index in [-0.39, 0.29) is 11.3 Å². The molecule has 1 aliphatic rings. The summed E-state index contributed by atoms with van der Waals surface area (Å²) in [6.45, 7) is 6.61. The summed E-state index contributed by atoms with van der Waals surface area (Å²) in [6, 6.07) is 12.5. The summed E-state index contributed by atoms with van der Waals surface area (Å²) < 4.78 is 0. The van der Waals surface area contributed by atoms with Gasteiger partial charge >= 0.3 is 0 Å². The smallest absolute Gasteiger partial charge is 0.0873 e. The maximum absolute atomic E-state index is 10.7. The topological polar surface area (TPSA) is 33.1 Å². The molecule has 3 rings (SSSR count). The Bertz CT molecular complexity index is 625. The van der Waals surface area contributed by atoms with Gasteiger partial charge in [-0.05, 0) is 41.0 Å². The van der Waals surface area contributed by atoms with Crippen LogP contribution in [0.15, 0.2) is 42.6 Å². The first kappa shape index (κ1) is 14.3. The maximum Gasteiger partial charge on any atom is 0.0873 e. The van der Waals surface area contributed by atoms with E-state index in [1.165, 1.54) is 11.1 Å².